The molecule has 0 saturated carbocycles. The summed E-state index contributed by atoms with van der Waals surface area (Å²) in [6, 6.07) is 11.3. The molecule has 2 heteroatoms. The molecule has 0 nitrogen and oxygen atoms in total. The molecule has 1 aliphatic heterocycles. The van der Waals surface area contributed by atoms with Crippen LogP contribution < -0.4 is 0 Å². The van der Waals surface area contributed by atoms with Gasteiger partial charge in [-0.15, -0.1) is 0 Å². The summed E-state index contributed by atoms with van der Waals surface area (Å²) in [6.45, 7) is 12.3. The van der Waals surface area contributed by atoms with Crippen LogP contribution in [-0.2, 0) is 3.94 Å². The van der Waals surface area contributed by atoms with E-state index in [-0.39, 0.29) is 0 Å². The van der Waals surface area contributed by atoms with E-state index in [1.54, 1.807) is 16.7 Å². The van der Waals surface area contributed by atoms with Gasteiger partial charge in [-0.2, -0.15) is 0 Å². The zero-order valence-electron chi connectivity index (χ0n) is 12.2. The van der Waals surface area contributed by atoms with Crippen LogP contribution in [0.1, 0.15) is 25.8 Å². The summed E-state index contributed by atoms with van der Waals surface area (Å²) in [5.41, 5.74) is 4.91. The summed E-state index contributed by atoms with van der Waals surface area (Å²) in [6.07, 6.45) is 1.30. The Bertz CT molecular complexity index is 456. The van der Waals surface area contributed by atoms with Gasteiger partial charge < -0.3 is 0 Å². The molecular weight excluding hydrogens is 299 g/mol. The van der Waals surface area contributed by atoms with Crippen LogP contribution in [0, 0.1) is 0 Å². The van der Waals surface area contributed by atoms with Crippen molar-refractivity contribution in [2.45, 2.75) is 49.2 Å². The third-order valence-corrected chi connectivity index (χ3v) is 14.8. The van der Waals surface area contributed by atoms with Crippen molar-refractivity contribution in [2.24, 2.45) is 0 Å². The summed E-state index contributed by atoms with van der Waals surface area (Å²) >= 11 is 0.711. The van der Waals surface area contributed by atoms with Crippen molar-refractivity contribution in [1.82, 2.24) is 0 Å². The first-order valence-corrected chi connectivity index (χ1v) is 12.3. The molecule has 1 aromatic carbocycles. The molecule has 0 aromatic heterocycles. The molecule has 0 N–H and O–H groups in total. The first kappa shape index (κ1) is 14.1. The van der Waals surface area contributed by atoms with Gasteiger partial charge in [0.25, 0.3) is 0 Å². The average molecular weight is 323 g/mol. The van der Waals surface area contributed by atoms with Crippen molar-refractivity contribution >= 4 is 23.0 Å². The molecule has 1 aliphatic rings. The van der Waals surface area contributed by atoms with Crippen LogP contribution in [0.5, 0.6) is 0 Å². The molecule has 98 valence electrons. The molecule has 0 bridgehead atoms. The molecular formula is C16H24SeSi. The van der Waals surface area contributed by atoms with E-state index in [9.17, 15) is 0 Å². The predicted molar refractivity (Wildman–Crippen MR) is 85.0 cm³/mol. The first-order chi connectivity index (χ1) is 8.37. The summed E-state index contributed by atoms with van der Waals surface area (Å²) in [4.78, 5) is 0. The standard InChI is InChI=1S/C16H24SeSi/c1-13-11-16(18(3,4)5,17-12-14(13)2)15-9-7-6-8-10-15/h6-10H,11-12H2,1-5H3. The monoisotopic (exact) mass is 324 g/mol. The predicted octanol–water partition coefficient (Wildman–Crippen LogP) is 4.62. The van der Waals surface area contributed by atoms with Crippen molar-refractivity contribution in [3.05, 3.63) is 47.0 Å². The second-order valence-electron chi connectivity index (χ2n) is 6.47. The second-order valence-corrected chi connectivity index (χ2v) is 15.3. The Morgan fingerprint density at radius 3 is 2.11 bits per heavy atom. The van der Waals surface area contributed by atoms with Crippen LogP contribution in [-0.4, -0.2) is 23.0 Å². The Labute approximate surface area is 119 Å². The van der Waals surface area contributed by atoms with Crippen LogP contribution in [0.3, 0.4) is 0 Å². The molecule has 0 fully saturated rings. The van der Waals surface area contributed by atoms with Crippen molar-refractivity contribution in [3.8, 4) is 0 Å². The Morgan fingerprint density at radius 2 is 1.61 bits per heavy atom. The summed E-state index contributed by atoms with van der Waals surface area (Å²) in [5, 5.41) is 1.35. The fourth-order valence-corrected chi connectivity index (χ4v) is 10.9. The molecule has 0 saturated heterocycles. The minimum atomic E-state index is -1.23. The zero-order chi connectivity index (χ0) is 13.4. The van der Waals surface area contributed by atoms with Crippen molar-refractivity contribution < 1.29 is 0 Å². The van der Waals surface area contributed by atoms with Crippen molar-refractivity contribution in [1.29, 1.82) is 0 Å². The van der Waals surface area contributed by atoms with E-state index in [0.717, 1.165) is 0 Å². The number of benzene rings is 1. The Balaban J connectivity index is 2.51. The van der Waals surface area contributed by atoms with Crippen molar-refractivity contribution in [3.63, 3.8) is 0 Å². The SMILES string of the molecule is CC1=C(C)CC(c2ccccc2)([Si](C)(C)C)[Se]C1. The van der Waals surface area contributed by atoms with Crippen LogP contribution >= 0.6 is 0 Å². The molecule has 0 aliphatic carbocycles. The average Bonchev–Trinajstić information content (AvgIpc) is 2.32. The number of hydrogen-bond donors (Lipinski definition) is 0. The molecule has 1 aromatic rings. The fraction of sp³-hybridized carbons (Fsp3) is 0.500. The van der Waals surface area contributed by atoms with E-state index in [4.69, 9.17) is 0 Å². The first-order valence-electron chi connectivity index (χ1n) is 6.71. The van der Waals surface area contributed by atoms with Crippen LogP contribution in [0.25, 0.3) is 0 Å². The number of hydrogen-bond acceptors (Lipinski definition) is 0. The molecule has 1 atom stereocenters. The minimum absolute atomic E-state index is 0.505. The van der Waals surface area contributed by atoms with Gasteiger partial charge in [-0.05, 0) is 0 Å². The molecule has 0 spiro atoms. The van der Waals surface area contributed by atoms with Gasteiger partial charge in [0, 0.05) is 0 Å². The topological polar surface area (TPSA) is 0 Å². The van der Waals surface area contributed by atoms with E-state index in [0.29, 0.717) is 18.9 Å². The van der Waals surface area contributed by atoms with Gasteiger partial charge in [-0.3, -0.25) is 0 Å². The van der Waals surface area contributed by atoms with E-state index < -0.39 is 8.07 Å². The summed E-state index contributed by atoms with van der Waals surface area (Å²) < 4.78 is 0.505. The van der Waals surface area contributed by atoms with Crippen LogP contribution in [0.2, 0.25) is 25.0 Å². The molecule has 1 heterocycles. The van der Waals surface area contributed by atoms with E-state index in [1.165, 1.54) is 11.7 Å². The number of rotatable bonds is 2. The third kappa shape index (κ3) is 2.39. The molecule has 0 amide bonds. The zero-order valence-corrected chi connectivity index (χ0v) is 14.9. The van der Waals surface area contributed by atoms with Gasteiger partial charge in [0.05, 0.1) is 0 Å². The molecule has 1 unspecified atom stereocenters. The third-order valence-electron chi connectivity index (χ3n) is 4.23. The fourth-order valence-electron chi connectivity index (χ4n) is 2.74. The Kier molecular flexibility index (Phi) is 3.92. The van der Waals surface area contributed by atoms with Crippen LogP contribution in [0.4, 0.5) is 0 Å². The quantitative estimate of drug-likeness (QED) is 0.550. The van der Waals surface area contributed by atoms with Gasteiger partial charge in [-0.1, -0.05) is 0 Å². The summed E-state index contributed by atoms with van der Waals surface area (Å²) in [5.74, 6) is 0. The number of allylic oxidation sites excluding steroid dienone is 2. The summed E-state index contributed by atoms with van der Waals surface area (Å²) in [7, 11) is -1.23. The van der Waals surface area contributed by atoms with Gasteiger partial charge >= 0.3 is 119 Å². The van der Waals surface area contributed by atoms with Gasteiger partial charge in [-0.25, -0.2) is 0 Å². The molecule has 18 heavy (non-hydrogen) atoms. The van der Waals surface area contributed by atoms with Gasteiger partial charge in [0.2, 0.25) is 0 Å². The van der Waals surface area contributed by atoms with Gasteiger partial charge in [0.15, 0.2) is 0 Å². The maximum absolute atomic E-state index is 2.55. The van der Waals surface area contributed by atoms with E-state index in [2.05, 4.69) is 63.8 Å². The molecule has 0 radical (unpaired) electrons. The normalized spacial score (nSPS) is 25.4. The maximum atomic E-state index is 2.55. The van der Waals surface area contributed by atoms with Crippen LogP contribution in [0.15, 0.2) is 41.5 Å². The molecule has 2 rings (SSSR count). The Morgan fingerprint density at radius 1 is 1.00 bits per heavy atom. The van der Waals surface area contributed by atoms with Gasteiger partial charge in [0.1, 0.15) is 0 Å². The van der Waals surface area contributed by atoms with E-state index >= 15 is 0 Å². The van der Waals surface area contributed by atoms with Crippen molar-refractivity contribution in [2.75, 3.05) is 0 Å². The van der Waals surface area contributed by atoms with E-state index in [1.807, 2.05) is 0 Å². The Hall–Kier alpha value is -0.304. The second kappa shape index (κ2) is 5.00.